The molecule has 0 radical (unpaired) electrons. The van der Waals surface area contributed by atoms with Crippen LogP contribution in [0, 0.1) is 0 Å². The first kappa shape index (κ1) is 18.2. The van der Waals surface area contributed by atoms with Crippen LogP contribution in [0.3, 0.4) is 0 Å². The highest BCUT2D eigenvalue weighted by Crippen LogP contribution is 2.11. The summed E-state index contributed by atoms with van der Waals surface area (Å²) >= 11 is 0. The third-order valence-electron chi connectivity index (χ3n) is 2.92. The van der Waals surface area contributed by atoms with Crippen molar-refractivity contribution in [2.45, 2.75) is 31.6 Å². The van der Waals surface area contributed by atoms with Crippen LogP contribution in [-0.2, 0) is 0 Å². The smallest absolute Gasteiger partial charge is 0.327 e. The van der Waals surface area contributed by atoms with Gasteiger partial charge in [-0.25, -0.2) is 4.79 Å². The lowest BCUT2D eigenvalue weighted by Gasteiger charge is -2.17. The second-order valence-corrected chi connectivity index (χ2v) is 5.05. The summed E-state index contributed by atoms with van der Waals surface area (Å²) < 4.78 is 0. The van der Waals surface area contributed by atoms with Crippen molar-refractivity contribution >= 4 is 11.5 Å². The second kappa shape index (κ2) is 8.54. The molecule has 0 saturated heterocycles. The average Bonchev–Trinajstić information content (AvgIpc) is 2.44. The normalized spacial score (nSPS) is 15.1. The van der Waals surface area contributed by atoms with Gasteiger partial charge in [0.1, 0.15) is 17.6 Å². The molecule has 1 rings (SSSR count). The summed E-state index contributed by atoms with van der Waals surface area (Å²) in [6, 6.07) is -0.194. The van der Waals surface area contributed by atoms with E-state index in [-0.39, 0.29) is 30.5 Å². The molecule has 0 fully saturated rings. The molecule has 0 aliphatic carbocycles. The van der Waals surface area contributed by atoms with Gasteiger partial charge in [-0.15, -0.1) is 0 Å². The molecule has 1 aromatic rings. The number of aromatic amines is 2. The molecule has 0 aliphatic heterocycles. The Morgan fingerprint density at radius 2 is 1.86 bits per heavy atom. The standard InChI is InChI=1S/C12H23N5O5/c1-6(13)4-15-9-10(16-12(22)17-11(9)21)14-3-2-7(19)8(20)5-18/h6-8,15,18-20H,2-5,13H2,1H3,(H3,14,16,17,21,22)/t6-,7-,8+/m0/s1. The van der Waals surface area contributed by atoms with Crippen LogP contribution in [0.25, 0.3) is 0 Å². The molecule has 0 spiro atoms. The maximum atomic E-state index is 11.8. The van der Waals surface area contributed by atoms with Gasteiger partial charge in [0.2, 0.25) is 0 Å². The molecular formula is C12H23N5O5. The van der Waals surface area contributed by atoms with E-state index in [2.05, 4.69) is 20.6 Å². The van der Waals surface area contributed by atoms with E-state index in [4.69, 9.17) is 10.8 Å². The molecule has 0 aromatic carbocycles. The van der Waals surface area contributed by atoms with Gasteiger partial charge in [0.05, 0.1) is 12.7 Å². The number of rotatable bonds is 9. The van der Waals surface area contributed by atoms with Crippen molar-refractivity contribution in [1.29, 1.82) is 0 Å². The third kappa shape index (κ3) is 5.48. The predicted octanol–water partition coefficient (Wildman–Crippen LogP) is -2.66. The summed E-state index contributed by atoms with van der Waals surface area (Å²) in [7, 11) is 0. The van der Waals surface area contributed by atoms with Crippen molar-refractivity contribution in [3.8, 4) is 0 Å². The molecule has 3 atom stereocenters. The van der Waals surface area contributed by atoms with E-state index in [9.17, 15) is 19.8 Å². The van der Waals surface area contributed by atoms with E-state index >= 15 is 0 Å². The molecule has 1 heterocycles. The van der Waals surface area contributed by atoms with Gasteiger partial charge < -0.3 is 31.7 Å². The predicted molar refractivity (Wildman–Crippen MR) is 82.0 cm³/mol. The summed E-state index contributed by atoms with van der Waals surface area (Å²) in [6.45, 7) is 1.71. The fourth-order valence-electron chi connectivity index (χ4n) is 1.71. The summed E-state index contributed by atoms with van der Waals surface area (Å²) in [6.07, 6.45) is -2.24. The van der Waals surface area contributed by atoms with E-state index in [0.29, 0.717) is 6.54 Å². The summed E-state index contributed by atoms with van der Waals surface area (Å²) in [4.78, 5) is 27.6. The Bertz CT molecular complexity index is 570. The molecule has 0 aliphatic rings. The van der Waals surface area contributed by atoms with Crippen molar-refractivity contribution < 1.29 is 15.3 Å². The van der Waals surface area contributed by atoms with E-state index in [1.807, 2.05) is 0 Å². The lowest BCUT2D eigenvalue weighted by atomic mass is 10.1. The van der Waals surface area contributed by atoms with Crippen molar-refractivity contribution in [1.82, 2.24) is 9.97 Å². The minimum atomic E-state index is -1.24. The van der Waals surface area contributed by atoms with Crippen molar-refractivity contribution in [3.05, 3.63) is 20.8 Å². The van der Waals surface area contributed by atoms with Crippen LogP contribution in [0.4, 0.5) is 11.5 Å². The second-order valence-electron chi connectivity index (χ2n) is 5.05. The van der Waals surface area contributed by atoms with Crippen LogP contribution >= 0.6 is 0 Å². The maximum Gasteiger partial charge on any atom is 0.327 e. The van der Waals surface area contributed by atoms with Crippen LogP contribution in [0.15, 0.2) is 9.59 Å². The van der Waals surface area contributed by atoms with Gasteiger partial charge in [-0.05, 0) is 13.3 Å². The van der Waals surface area contributed by atoms with Crippen molar-refractivity contribution in [3.63, 3.8) is 0 Å². The Balaban J connectivity index is 2.76. The van der Waals surface area contributed by atoms with E-state index in [1.54, 1.807) is 6.92 Å². The number of H-pyrrole nitrogens is 2. The summed E-state index contributed by atoms with van der Waals surface area (Å²) in [5.41, 5.74) is 4.47. The lowest BCUT2D eigenvalue weighted by molar-refractivity contribution is -0.0158. The van der Waals surface area contributed by atoms with Crippen LogP contribution < -0.4 is 27.6 Å². The molecule has 0 unspecified atom stereocenters. The Hall–Kier alpha value is -1.88. The number of anilines is 2. The minimum absolute atomic E-state index is 0.114. The number of nitrogens with two attached hydrogens (primary N) is 1. The summed E-state index contributed by atoms with van der Waals surface area (Å²) in [5, 5.41) is 33.1. The van der Waals surface area contributed by atoms with Gasteiger partial charge in [0, 0.05) is 19.1 Å². The zero-order valence-electron chi connectivity index (χ0n) is 12.3. The fourth-order valence-corrected chi connectivity index (χ4v) is 1.71. The average molecular weight is 317 g/mol. The maximum absolute atomic E-state index is 11.8. The van der Waals surface area contributed by atoms with Gasteiger partial charge in [0.15, 0.2) is 0 Å². The van der Waals surface area contributed by atoms with Crippen molar-refractivity contribution in [2.75, 3.05) is 30.3 Å². The highest BCUT2D eigenvalue weighted by atomic mass is 16.4. The van der Waals surface area contributed by atoms with Gasteiger partial charge in [-0.1, -0.05) is 0 Å². The van der Waals surface area contributed by atoms with Gasteiger partial charge in [-0.3, -0.25) is 14.8 Å². The van der Waals surface area contributed by atoms with Crippen molar-refractivity contribution in [2.24, 2.45) is 5.73 Å². The molecule has 10 nitrogen and oxygen atoms in total. The zero-order chi connectivity index (χ0) is 16.7. The molecule has 1 aromatic heterocycles. The van der Waals surface area contributed by atoms with E-state index in [0.717, 1.165) is 0 Å². The molecule has 0 saturated carbocycles. The number of hydrogen-bond acceptors (Lipinski definition) is 8. The lowest BCUT2D eigenvalue weighted by Crippen LogP contribution is -2.33. The Kier molecular flexibility index (Phi) is 7.05. The highest BCUT2D eigenvalue weighted by Gasteiger charge is 2.15. The first-order valence-corrected chi connectivity index (χ1v) is 6.92. The van der Waals surface area contributed by atoms with Gasteiger partial charge in [-0.2, -0.15) is 0 Å². The molecule has 22 heavy (non-hydrogen) atoms. The fraction of sp³-hybridized carbons (Fsp3) is 0.667. The van der Waals surface area contributed by atoms with Crippen LogP contribution in [0.5, 0.6) is 0 Å². The first-order chi connectivity index (χ1) is 10.3. The zero-order valence-corrected chi connectivity index (χ0v) is 12.3. The quantitative estimate of drug-likeness (QED) is 0.243. The number of hydrogen-bond donors (Lipinski definition) is 8. The number of aliphatic hydroxyl groups is 3. The van der Waals surface area contributed by atoms with Gasteiger partial charge in [0.25, 0.3) is 5.56 Å². The SMILES string of the molecule is C[C@H](N)CNc1c(NCC[C@H](O)[C@H](O)CO)[nH]c(=O)[nH]c1=O. The molecular weight excluding hydrogens is 294 g/mol. The molecule has 9 N–H and O–H groups in total. The Morgan fingerprint density at radius 1 is 1.18 bits per heavy atom. The first-order valence-electron chi connectivity index (χ1n) is 6.92. The number of aliphatic hydroxyl groups excluding tert-OH is 3. The number of nitrogens with one attached hydrogen (secondary N) is 4. The highest BCUT2D eigenvalue weighted by molar-refractivity contribution is 5.62. The monoisotopic (exact) mass is 317 g/mol. The minimum Gasteiger partial charge on any atom is -0.394 e. The Labute approximate surface area is 126 Å². The largest absolute Gasteiger partial charge is 0.394 e. The topological polar surface area (TPSA) is 176 Å². The molecule has 10 heteroatoms. The molecule has 0 bridgehead atoms. The van der Waals surface area contributed by atoms with E-state index in [1.165, 1.54) is 0 Å². The molecule has 126 valence electrons. The van der Waals surface area contributed by atoms with Crippen LogP contribution in [0.1, 0.15) is 13.3 Å². The third-order valence-corrected chi connectivity index (χ3v) is 2.92. The van der Waals surface area contributed by atoms with Gasteiger partial charge >= 0.3 is 5.69 Å². The number of aromatic nitrogens is 2. The van der Waals surface area contributed by atoms with Crippen LogP contribution in [-0.4, -0.2) is 63.2 Å². The van der Waals surface area contributed by atoms with E-state index < -0.39 is 30.1 Å². The molecule has 0 amide bonds. The summed E-state index contributed by atoms with van der Waals surface area (Å²) in [5.74, 6) is 0.167. The Morgan fingerprint density at radius 3 is 2.45 bits per heavy atom. The van der Waals surface area contributed by atoms with Crippen LogP contribution in [0.2, 0.25) is 0 Å².